The Morgan fingerprint density at radius 1 is 1.05 bits per heavy atom. The van der Waals surface area contributed by atoms with Gasteiger partial charge in [0.25, 0.3) is 0 Å². The normalized spacial score (nSPS) is 12.6. The molecule has 1 atom stereocenters. The maximum Gasteiger partial charge on any atom is 0.132 e. The predicted molar refractivity (Wildman–Crippen MR) is 76.9 cm³/mol. The summed E-state index contributed by atoms with van der Waals surface area (Å²) < 4.78 is 14.2. The fourth-order valence-electron chi connectivity index (χ4n) is 2.42. The Morgan fingerprint density at radius 3 is 2.65 bits per heavy atom. The lowest BCUT2D eigenvalue weighted by Gasteiger charge is -2.15. The van der Waals surface area contributed by atoms with E-state index in [4.69, 9.17) is 0 Å². The maximum absolute atomic E-state index is 14.2. The number of hydrogen-bond acceptors (Lipinski definition) is 2. The SMILES string of the molecule is Cc1cccc(C(O)c2cccc3ccncc23)c1F. The Morgan fingerprint density at radius 2 is 1.80 bits per heavy atom. The number of rotatable bonds is 2. The molecule has 0 amide bonds. The van der Waals surface area contributed by atoms with Gasteiger partial charge in [-0.3, -0.25) is 4.98 Å². The average molecular weight is 267 g/mol. The minimum atomic E-state index is -0.997. The average Bonchev–Trinajstić information content (AvgIpc) is 2.49. The molecule has 0 bridgehead atoms. The number of fused-ring (bicyclic) bond motifs is 1. The summed E-state index contributed by atoms with van der Waals surface area (Å²) in [5.41, 5.74) is 1.49. The number of pyridine rings is 1. The van der Waals surface area contributed by atoms with Crippen LogP contribution in [0.5, 0.6) is 0 Å². The molecule has 100 valence electrons. The largest absolute Gasteiger partial charge is 0.384 e. The lowest BCUT2D eigenvalue weighted by atomic mass is 9.95. The van der Waals surface area contributed by atoms with Gasteiger partial charge >= 0.3 is 0 Å². The number of aryl methyl sites for hydroxylation is 1. The van der Waals surface area contributed by atoms with E-state index < -0.39 is 6.10 Å². The zero-order chi connectivity index (χ0) is 14.1. The second-order valence-corrected chi connectivity index (χ2v) is 4.82. The van der Waals surface area contributed by atoms with E-state index in [1.807, 2.05) is 18.2 Å². The van der Waals surface area contributed by atoms with Crippen molar-refractivity contribution in [2.24, 2.45) is 0 Å². The van der Waals surface area contributed by atoms with Gasteiger partial charge in [-0.2, -0.15) is 0 Å². The number of aliphatic hydroxyl groups is 1. The first kappa shape index (κ1) is 12.8. The van der Waals surface area contributed by atoms with E-state index in [0.717, 1.165) is 10.8 Å². The molecule has 2 nitrogen and oxygen atoms in total. The summed E-state index contributed by atoms with van der Waals surface area (Å²) in [6, 6.07) is 12.5. The summed E-state index contributed by atoms with van der Waals surface area (Å²) in [5, 5.41) is 12.3. The van der Waals surface area contributed by atoms with Crippen LogP contribution in [0.2, 0.25) is 0 Å². The molecule has 3 heteroatoms. The van der Waals surface area contributed by atoms with Crippen LogP contribution in [0.4, 0.5) is 4.39 Å². The summed E-state index contributed by atoms with van der Waals surface area (Å²) in [4.78, 5) is 4.08. The summed E-state index contributed by atoms with van der Waals surface area (Å²) in [6.45, 7) is 1.69. The van der Waals surface area contributed by atoms with Crippen LogP contribution in [0.3, 0.4) is 0 Å². The van der Waals surface area contributed by atoms with Crippen LogP contribution in [0.15, 0.2) is 54.9 Å². The molecule has 1 aromatic heterocycles. The van der Waals surface area contributed by atoms with Crippen LogP contribution in [-0.2, 0) is 0 Å². The Kier molecular flexibility index (Phi) is 3.20. The van der Waals surface area contributed by atoms with Gasteiger partial charge in [-0.15, -0.1) is 0 Å². The minimum absolute atomic E-state index is 0.293. The van der Waals surface area contributed by atoms with Crippen LogP contribution >= 0.6 is 0 Å². The lowest BCUT2D eigenvalue weighted by Crippen LogP contribution is -2.04. The third kappa shape index (κ3) is 2.06. The van der Waals surface area contributed by atoms with Gasteiger partial charge in [0.1, 0.15) is 11.9 Å². The van der Waals surface area contributed by atoms with Gasteiger partial charge < -0.3 is 5.11 Å². The highest BCUT2D eigenvalue weighted by molar-refractivity contribution is 5.85. The van der Waals surface area contributed by atoms with Crippen LogP contribution < -0.4 is 0 Å². The predicted octanol–water partition coefficient (Wildman–Crippen LogP) is 3.76. The molecular formula is C17H14FNO. The summed E-state index contributed by atoms with van der Waals surface area (Å²) in [7, 11) is 0. The molecule has 1 unspecified atom stereocenters. The van der Waals surface area contributed by atoms with Crippen molar-refractivity contribution < 1.29 is 9.50 Å². The van der Waals surface area contributed by atoms with Gasteiger partial charge in [-0.05, 0) is 29.5 Å². The van der Waals surface area contributed by atoms with E-state index >= 15 is 0 Å². The highest BCUT2D eigenvalue weighted by Gasteiger charge is 2.18. The molecule has 0 spiro atoms. The Bertz CT molecular complexity index is 765. The third-order valence-electron chi connectivity index (χ3n) is 3.53. The molecule has 0 saturated heterocycles. The molecule has 3 aromatic rings. The Labute approximate surface area is 116 Å². The fraction of sp³-hybridized carbons (Fsp3) is 0.118. The van der Waals surface area contributed by atoms with Crippen molar-refractivity contribution in [1.29, 1.82) is 0 Å². The molecule has 0 aliphatic rings. The molecule has 2 aromatic carbocycles. The molecule has 1 N–H and O–H groups in total. The van der Waals surface area contributed by atoms with Gasteiger partial charge in [0, 0.05) is 23.3 Å². The molecule has 0 aliphatic carbocycles. The molecule has 0 saturated carbocycles. The number of aromatic nitrogens is 1. The summed E-state index contributed by atoms with van der Waals surface area (Å²) in [6.07, 6.45) is 2.40. The van der Waals surface area contributed by atoms with Crippen LogP contribution in [0.1, 0.15) is 22.8 Å². The Balaban J connectivity index is 2.18. The lowest BCUT2D eigenvalue weighted by molar-refractivity contribution is 0.216. The first-order chi connectivity index (χ1) is 9.68. The van der Waals surface area contributed by atoms with Crippen LogP contribution in [-0.4, -0.2) is 10.1 Å². The molecule has 0 aliphatic heterocycles. The van der Waals surface area contributed by atoms with E-state index in [-0.39, 0.29) is 5.82 Å². The minimum Gasteiger partial charge on any atom is -0.384 e. The molecule has 20 heavy (non-hydrogen) atoms. The topological polar surface area (TPSA) is 33.1 Å². The molecule has 0 fully saturated rings. The first-order valence-corrected chi connectivity index (χ1v) is 6.44. The number of hydrogen-bond donors (Lipinski definition) is 1. The second kappa shape index (κ2) is 5.02. The second-order valence-electron chi connectivity index (χ2n) is 4.82. The van der Waals surface area contributed by atoms with Crippen molar-refractivity contribution >= 4 is 10.8 Å². The molecule has 1 heterocycles. The first-order valence-electron chi connectivity index (χ1n) is 6.44. The van der Waals surface area contributed by atoms with E-state index in [9.17, 15) is 9.50 Å². The Hall–Kier alpha value is -2.26. The molecule has 0 radical (unpaired) electrons. The number of aliphatic hydroxyl groups excluding tert-OH is 1. The van der Waals surface area contributed by atoms with Gasteiger partial charge in [0.05, 0.1) is 0 Å². The standard InChI is InChI=1S/C17H14FNO/c1-11-4-2-7-14(16(11)18)17(20)13-6-3-5-12-8-9-19-10-15(12)13/h2-10,17,20H,1H3. The zero-order valence-corrected chi connectivity index (χ0v) is 11.0. The quantitative estimate of drug-likeness (QED) is 0.766. The van der Waals surface area contributed by atoms with Gasteiger partial charge in [-0.1, -0.05) is 36.4 Å². The van der Waals surface area contributed by atoms with E-state index in [2.05, 4.69) is 4.98 Å². The zero-order valence-electron chi connectivity index (χ0n) is 11.0. The van der Waals surface area contributed by atoms with Crippen molar-refractivity contribution in [2.75, 3.05) is 0 Å². The molecule has 3 rings (SSSR count). The highest BCUT2D eigenvalue weighted by Crippen LogP contribution is 2.30. The van der Waals surface area contributed by atoms with Gasteiger partial charge in [-0.25, -0.2) is 4.39 Å². The highest BCUT2D eigenvalue weighted by atomic mass is 19.1. The fourth-order valence-corrected chi connectivity index (χ4v) is 2.42. The van der Waals surface area contributed by atoms with E-state index in [0.29, 0.717) is 16.7 Å². The summed E-state index contributed by atoms with van der Waals surface area (Å²) in [5.74, 6) is -0.360. The number of nitrogens with zero attached hydrogens (tertiary/aromatic N) is 1. The number of halogens is 1. The summed E-state index contributed by atoms with van der Waals surface area (Å²) >= 11 is 0. The van der Waals surface area contributed by atoms with Crippen molar-refractivity contribution in [3.8, 4) is 0 Å². The molecular weight excluding hydrogens is 253 g/mol. The van der Waals surface area contributed by atoms with Gasteiger partial charge in [0.2, 0.25) is 0 Å². The van der Waals surface area contributed by atoms with Gasteiger partial charge in [0.15, 0.2) is 0 Å². The smallest absolute Gasteiger partial charge is 0.132 e. The van der Waals surface area contributed by atoms with E-state index in [1.165, 1.54) is 0 Å². The number of benzene rings is 2. The van der Waals surface area contributed by atoms with Crippen LogP contribution in [0, 0.1) is 12.7 Å². The van der Waals surface area contributed by atoms with Crippen molar-refractivity contribution in [2.45, 2.75) is 13.0 Å². The monoisotopic (exact) mass is 267 g/mol. The van der Waals surface area contributed by atoms with Crippen molar-refractivity contribution in [3.05, 3.63) is 77.4 Å². The maximum atomic E-state index is 14.2. The van der Waals surface area contributed by atoms with Crippen LogP contribution in [0.25, 0.3) is 10.8 Å². The van der Waals surface area contributed by atoms with Crippen molar-refractivity contribution in [3.63, 3.8) is 0 Å². The van der Waals surface area contributed by atoms with E-state index in [1.54, 1.807) is 43.6 Å². The third-order valence-corrected chi connectivity index (χ3v) is 3.53. The van der Waals surface area contributed by atoms with Crippen molar-refractivity contribution in [1.82, 2.24) is 4.98 Å².